The third-order valence-corrected chi connectivity index (χ3v) is 3.89. The number of hydrogen-bond acceptors (Lipinski definition) is 3. The van der Waals surface area contributed by atoms with Crippen LogP contribution in [0.1, 0.15) is 25.7 Å². The van der Waals surface area contributed by atoms with Crippen LogP contribution >= 0.6 is 0 Å². The lowest BCUT2D eigenvalue weighted by molar-refractivity contribution is -0.127. The molecule has 2 aliphatic heterocycles. The van der Waals surface area contributed by atoms with Crippen molar-refractivity contribution in [2.45, 2.75) is 31.7 Å². The molecule has 0 saturated carbocycles. The van der Waals surface area contributed by atoms with Gasteiger partial charge in [-0.3, -0.25) is 4.79 Å². The van der Waals surface area contributed by atoms with Crippen molar-refractivity contribution in [3.63, 3.8) is 0 Å². The molecule has 0 aromatic rings. The van der Waals surface area contributed by atoms with Gasteiger partial charge in [0, 0.05) is 25.6 Å². The molecule has 0 aliphatic carbocycles. The normalized spacial score (nSPS) is 29.0. The molecule has 1 amide bonds. The lowest BCUT2D eigenvalue weighted by Crippen LogP contribution is -2.34. The van der Waals surface area contributed by atoms with Gasteiger partial charge in [-0.15, -0.1) is 0 Å². The van der Waals surface area contributed by atoms with Gasteiger partial charge in [-0.1, -0.05) is 0 Å². The Morgan fingerprint density at radius 2 is 2.06 bits per heavy atom. The molecule has 0 bridgehead atoms. The number of amides is 1. The van der Waals surface area contributed by atoms with E-state index in [4.69, 9.17) is 5.73 Å². The Kier molecular flexibility index (Phi) is 3.82. The van der Waals surface area contributed by atoms with E-state index < -0.39 is 0 Å². The van der Waals surface area contributed by atoms with E-state index in [0.717, 1.165) is 25.4 Å². The molecule has 1 atom stereocenters. The number of likely N-dealkylation sites (tertiary alicyclic amines) is 2. The fourth-order valence-electron chi connectivity index (χ4n) is 2.71. The molecule has 92 valence electrons. The first-order valence-corrected chi connectivity index (χ1v) is 6.37. The molecule has 0 radical (unpaired) electrons. The molecule has 0 spiro atoms. The zero-order chi connectivity index (χ0) is 11.5. The van der Waals surface area contributed by atoms with Gasteiger partial charge in [0.2, 0.25) is 5.91 Å². The molecule has 2 rings (SSSR count). The fourth-order valence-corrected chi connectivity index (χ4v) is 2.71. The largest absolute Gasteiger partial charge is 0.341 e. The van der Waals surface area contributed by atoms with E-state index in [2.05, 4.69) is 11.9 Å². The van der Waals surface area contributed by atoms with Gasteiger partial charge in [0.1, 0.15) is 0 Å². The zero-order valence-electron chi connectivity index (χ0n) is 10.2. The highest BCUT2D eigenvalue weighted by molar-refractivity contribution is 5.79. The summed E-state index contributed by atoms with van der Waals surface area (Å²) in [5, 5.41) is 0. The molecule has 1 unspecified atom stereocenters. The second kappa shape index (κ2) is 5.15. The predicted octanol–water partition coefficient (Wildman–Crippen LogP) is 0.278. The summed E-state index contributed by atoms with van der Waals surface area (Å²) in [6.45, 7) is 4.10. The summed E-state index contributed by atoms with van der Waals surface area (Å²) in [6.07, 6.45) is 4.27. The predicted molar refractivity (Wildman–Crippen MR) is 64.0 cm³/mol. The smallest absolute Gasteiger partial charge is 0.224 e. The van der Waals surface area contributed by atoms with Gasteiger partial charge in [-0.2, -0.15) is 0 Å². The van der Waals surface area contributed by atoms with Gasteiger partial charge >= 0.3 is 0 Å². The first-order valence-electron chi connectivity index (χ1n) is 6.37. The Morgan fingerprint density at radius 1 is 1.38 bits per heavy atom. The molecule has 2 N–H and O–H groups in total. The van der Waals surface area contributed by atoms with Crippen molar-refractivity contribution in [1.82, 2.24) is 9.80 Å². The number of piperidine rings is 1. The standard InChI is InChI=1S/C12H23N3O/c1-14-5-2-10(3-6-14)4-7-15-9-11(13)8-12(15)16/h10-11H,2-9,13H2,1H3. The van der Waals surface area contributed by atoms with Crippen LogP contribution in [0.15, 0.2) is 0 Å². The Bertz CT molecular complexity index is 249. The molecular formula is C12H23N3O. The number of hydrogen-bond donors (Lipinski definition) is 1. The van der Waals surface area contributed by atoms with E-state index in [1.165, 1.54) is 25.9 Å². The second-order valence-corrected chi connectivity index (χ2v) is 5.34. The van der Waals surface area contributed by atoms with Gasteiger partial charge < -0.3 is 15.5 Å². The summed E-state index contributed by atoms with van der Waals surface area (Å²) in [7, 11) is 2.18. The van der Waals surface area contributed by atoms with Crippen molar-refractivity contribution in [2.75, 3.05) is 33.2 Å². The molecule has 2 heterocycles. The number of nitrogens with zero attached hydrogens (tertiary/aromatic N) is 2. The molecule has 16 heavy (non-hydrogen) atoms. The highest BCUT2D eigenvalue weighted by Gasteiger charge is 2.27. The Morgan fingerprint density at radius 3 is 2.62 bits per heavy atom. The van der Waals surface area contributed by atoms with Gasteiger partial charge in [0.15, 0.2) is 0 Å². The molecule has 0 aromatic carbocycles. The van der Waals surface area contributed by atoms with Crippen LogP contribution in [0.5, 0.6) is 0 Å². The molecule has 2 aliphatic rings. The van der Waals surface area contributed by atoms with E-state index in [-0.39, 0.29) is 11.9 Å². The van der Waals surface area contributed by atoms with Crippen LogP contribution in [0, 0.1) is 5.92 Å². The molecule has 4 heteroatoms. The van der Waals surface area contributed by atoms with Crippen molar-refractivity contribution in [2.24, 2.45) is 11.7 Å². The number of rotatable bonds is 3. The van der Waals surface area contributed by atoms with Crippen LogP contribution < -0.4 is 5.73 Å². The Labute approximate surface area is 97.8 Å². The number of carbonyl (C=O) groups is 1. The molecular weight excluding hydrogens is 202 g/mol. The highest BCUT2D eigenvalue weighted by atomic mass is 16.2. The summed E-state index contributed by atoms with van der Waals surface area (Å²) in [5.41, 5.74) is 5.77. The third kappa shape index (κ3) is 2.95. The molecule has 2 saturated heterocycles. The first kappa shape index (κ1) is 11.9. The maximum absolute atomic E-state index is 11.5. The molecule has 4 nitrogen and oxygen atoms in total. The molecule has 0 aromatic heterocycles. The summed E-state index contributed by atoms with van der Waals surface area (Å²) in [5.74, 6) is 1.06. The second-order valence-electron chi connectivity index (χ2n) is 5.34. The van der Waals surface area contributed by atoms with Crippen LogP contribution in [0.4, 0.5) is 0 Å². The summed E-state index contributed by atoms with van der Waals surface area (Å²) >= 11 is 0. The maximum atomic E-state index is 11.5. The average Bonchev–Trinajstić information content (AvgIpc) is 2.57. The monoisotopic (exact) mass is 225 g/mol. The van der Waals surface area contributed by atoms with Crippen molar-refractivity contribution >= 4 is 5.91 Å². The van der Waals surface area contributed by atoms with Crippen LogP contribution in [0.25, 0.3) is 0 Å². The average molecular weight is 225 g/mol. The minimum Gasteiger partial charge on any atom is -0.341 e. The van der Waals surface area contributed by atoms with Gasteiger partial charge in [0.25, 0.3) is 0 Å². The SMILES string of the molecule is CN1CCC(CCN2CC(N)CC2=O)CC1. The van der Waals surface area contributed by atoms with Crippen molar-refractivity contribution in [3.05, 3.63) is 0 Å². The highest BCUT2D eigenvalue weighted by Crippen LogP contribution is 2.21. The summed E-state index contributed by atoms with van der Waals surface area (Å²) < 4.78 is 0. The van der Waals surface area contributed by atoms with Crippen LogP contribution in [0.2, 0.25) is 0 Å². The van der Waals surface area contributed by atoms with Crippen molar-refractivity contribution in [3.8, 4) is 0 Å². The van der Waals surface area contributed by atoms with Crippen molar-refractivity contribution in [1.29, 1.82) is 0 Å². The van der Waals surface area contributed by atoms with E-state index in [0.29, 0.717) is 6.42 Å². The van der Waals surface area contributed by atoms with Crippen LogP contribution in [-0.2, 0) is 4.79 Å². The Balaban J connectivity index is 1.69. The minimum absolute atomic E-state index is 0.0741. The number of carbonyl (C=O) groups excluding carboxylic acids is 1. The van der Waals surface area contributed by atoms with Gasteiger partial charge in [-0.25, -0.2) is 0 Å². The van der Waals surface area contributed by atoms with Crippen LogP contribution in [-0.4, -0.2) is 55.0 Å². The third-order valence-electron chi connectivity index (χ3n) is 3.89. The lowest BCUT2D eigenvalue weighted by Gasteiger charge is -2.30. The lowest BCUT2D eigenvalue weighted by atomic mass is 9.94. The topological polar surface area (TPSA) is 49.6 Å². The van der Waals surface area contributed by atoms with Gasteiger partial charge in [0.05, 0.1) is 0 Å². The first-order chi connectivity index (χ1) is 7.65. The molecule has 2 fully saturated rings. The van der Waals surface area contributed by atoms with Gasteiger partial charge in [-0.05, 0) is 45.3 Å². The maximum Gasteiger partial charge on any atom is 0.224 e. The zero-order valence-corrected chi connectivity index (χ0v) is 10.2. The quantitative estimate of drug-likeness (QED) is 0.750. The van der Waals surface area contributed by atoms with Crippen LogP contribution in [0.3, 0.4) is 0 Å². The van der Waals surface area contributed by atoms with E-state index >= 15 is 0 Å². The van der Waals surface area contributed by atoms with Crippen molar-refractivity contribution < 1.29 is 4.79 Å². The minimum atomic E-state index is 0.0741. The Hall–Kier alpha value is -0.610. The summed E-state index contributed by atoms with van der Waals surface area (Å²) in [4.78, 5) is 15.9. The number of nitrogens with two attached hydrogens (primary N) is 1. The van der Waals surface area contributed by atoms with E-state index in [9.17, 15) is 4.79 Å². The van der Waals surface area contributed by atoms with E-state index in [1.807, 2.05) is 4.90 Å². The van der Waals surface area contributed by atoms with E-state index in [1.54, 1.807) is 0 Å². The fraction of sp³-hybridized carbons (Fsp3) is 0.917. The summed E-state index contributed by atoms with van der Waals surface area (Å²) in [6, 6.07) is 0.0741.